The van der Waals surface area contributed by atoms with Crippen molar-refractivity contribution in [3.63, 3.8) is 0 Å². The Morgan fingerprint density at radius 3 is 2.38 bits per heavy atom. The maximum atomic E-state index is 15.3. The first kappa shape index (κ1) is 27.5. The quantitative estimate of drug-likeness (QED) is 0.523. The van der Waals surface area contributed by atoms with Gasteiger partial charge in [0.25, 0.3) is 17.9 Å². The third-order valence-electron chi connectivity index (χ3n) is 8.38. The SMILES string of the molecule is C[C@H](c1cccc(C(F)F)c1F)N(c1cc(=O)n([C@@]2(C(F)(F)F)CCOC2)cc1C(N)=O)C1C2CN(C)CC21. The number of anilines is 1. The number of pyridine rings is 1. The van der Waals surface area contributed by atoms with Crippen LogP contribution in [0, 0.1) is 17.7 Å². The number of fused-ring (bicyclic) bond motifs is 1. The maximum absolute atomic E-state index is 15.3. The number of likely N-dealkylation sites (tertiary alicyclic amines) is 1. The molecule has 0 bridgehead atoms. The summed E-state index contributed by atoms with van der Waals surface area (Å²) in [5.74, 6) is -2.09. The van der Waals surface area contributed by atoms with Gasteiger partial charge in [0.05, 0.1) is 29.5 Å². The molecule has 1 aromatic carbocycles. The molecule has 7 nitrogen and oxygen atoms in total. The summed E-state index contributed by atoms with van der Waals surface area (Å²) in [4.78, 5) is 29.6. The summed E-state index contributed by atoms with van der Waals surface area (Å²) in [6.45, 7) is 1.83. The molecule has 1 aliphatic carbocycles. The zero-order valence-corrected chi connectivity index (χ0v) is 21.2. The summed E-state index contributed by atoms with van der Waals surface area (Å²) in [5, 5.41) is 0. The highest BCUT2D eigenvalue weighted by Crippen LogP contribution is 2.53. The molecule has 2 aromatic rings. The van der Waals surface area contributed by atoms with E-state index in [9.17, 15) is 31.5 Å². The molecule has 212 valence electrons. The minimum Gasteiger partial charge on any atom is -0.379 e. The minimum absolute atomic E-state index is 0.0589. The Kier molecular flexibility index (Phi) is 6.73. The number of halogens is 6. The van der Waals surface area contributed by atoms with Crippen molar-refractivity contribution in [2.45, 2.75) is 43.6 Å². The number of nitrogens with two attached hydrogens (primary N) is 1. The predicted octanol–water partition coefficient (Wildman–Crippen LogP) is 3.83. The zero-order chi connectivity index (χ0) is 28.4. The van der Waals surface area contributed by atoms with Gasteiger partial charge in [0.2, 0.25) is 0 Å². The van der Waals surface area contributed by atoms with Crippen molar-refractivity contribution in [2.75, 3.05) is 38.3 Å². The highest BCUT2D eigenvalue weighted by Gasteiger charge is 2.61. The largest absolute Gasteiger partial charge is 0.414 e. The van der Waals surface area contributed by atoms with E-state index in [1.807, 2.05) is 7.05 Å². The Morgan fingerprint density at radius 2 is 1.85 bits per heavy atom. The molecule has 13 heteroatoms. The molecule has 1 aromatic heterocycles. The van der Waals surface area contributed by atoms with Gasteiger partial charge in [0, 0.05) is 50.0 Å². The average Bonchev–Trinajstić information content (AvgIpc) is 3.19. The number of hydrogen-bond donors (Lipinski definition) is 1. The number of primary amides is 1. The van der Waals surface area contributed by atoms with Crippen LogP contribution in [0.3, 0.4) is 0 Å². The fourth-order valence-electron chi connectivity index (χ4n) is 6.32. The number of rotatable bonds is 7. The maximum Gasteiger partial charge on any atom is 0.414 e. The van der Waals surface area contributed by atoms with Crippen molar-refractivity contribution in [3.8, 4) is 0 Å². The normalized spacial score (nSPS) is 27.6. The fourth-order valence-corrected chi connectivity index (χ4v) is 6.32. The molecular formula is C26H28F6N4O3. The van der Waals surface area contributed by atoms with Crippen LogP contribution >= 0.6 is 0 Å². The van der Waals surface area contributed by atoms with Crippen LogP contribution in [0.2, 0.25) is 0 Å². The van der Waals surface area contributed by atoms with Gasteiger partial charge in [-0.15, -0.1) is 0 Å². The van der Waals surface area contributed by atoms with Crippen molar-refractivity contribution in [3.05, 3.63) is 63.3 Å². The highest BCUT2D eigenvalue weighted by molar-refractivity contribution is 5.98. The van der Waals surface area contributed by atoms with Gasteiger partial charge in [-0.25, -0.2) is 13.2 Å². The average molecular weight is 559 g/mol. The van der Waals surface area contributed by atoms with Crippen LogP contribution < -0.4 is 16.2 Å². The second-order valence-corrected chi connectivity index (χ2v) is 10.7. The molecule has 0 radical (unpaired) electrons. The molecular weight excluding hydrogens is 530 g/mol. The number of alkyl halides is 5. The molecule has 2 aliphatic heterocycles. The summed E-state index contributed by atoms with van der Waals surface area (Å²) in [5.41, 5.74) is 0.603. The van der Waals surface area contributed by atoms with Gasteiger partial charge in [0.1, 0.15) is 5.82 Å². The summed E-state index contributed by atoms with van der Waals surface area (Å²) >= 11 is 0. The van der Waals surface area contributed by atoms with Gasteiger partial charge < -0.3 is 20.3 Å². The van der Waals surface area contributed by atoms with Gasteiger partial charge in [-0.1, -0.05) is 18.2 Å². The molecule has 3 aliphatic rings. The Balaban J connectivity index is 1.67. The van der Waals surface area contributed by atoms with Crippen molar-refractivity contribution in [1.82, 2.24) is 9.47 Å². The van der Waals surface area contributed by atoms with Gasteiger partial charge >= 0.3 is 6.18 Å². The molecule has 39 heavy (non-hydrogen) atoms. The van der Waals surface area contributed by atoms with Gasteiger partial charge in [0.15, 0.2) is 5.54 Å². The number of ether oxygens (including phenoxy) is 1. The van der Waals surface area contributed by atoms with Crippen LogP contribution in [0.1, 0.15) is 47.3 Å². The molecule has 4 atom stereocenters. The number of carbonyl (C=O) groups is 1. The van der Waals surface area contributed by atoms with E-state index in [-0.39, 0.29) is 41.3 Å². The fraction of sp³-hybridized carbons (Fsp3) is 0.538. The topological polar surface area (TPSA) is 80.8 Å². The smallest absolute Gasteiger partial charge is 0.379 e. The summed E-state index contributed by atoms with van der Waals surface area (Å²) in [6.07, 6.45) is -7.67. The number of benzene rings is 1. The first-order valence-corrected chi connectivity index (χ1v) is 12.5. The summed E-state index contributed by atoms with van der Waals surface area (Å²) in [7, 11) is 1.92. The van der Waals surface area contributed by atoms with Crippen LogP contribution in [0.4, 0.5) is 32.0 Å². The van der Waals surface area contributed by atoms with Crippen molar-refractivity contribution in [1.29, 1.82) is 0 Å². The van der Waals surface area contributed by atoms with Crippen molar-refractivity contribution >= 4 is 11.6 Å². The van der Waals surface area contributed by atoms with Crippen LogP contribution in [-0.2, 0) is 10.3 Å². The molecule has 2 unspecified atom stereocenters. The van der Waals surface area contributed by atoms with Crippen LogP contribution in [0.5, 0.6) is 0 Å². The molecule has 3 fully saturated rings. The van der Waals surface area contributed by atoms with Crippen molar-refractivity contribution < 1.29 is 35.9 Å². The number of amides is 1. The van der Waals surface area contributed by atoms with Gasteiger partial charge in [-0.05, 0) is 25.8 Å². The zero-order valence-electron chi connectivity index (χ0n) is 21.2. The van der Waals surface area contributed by atoms with Crippen LogP contribution in [-0.4, -0.2) is 60.9 Å². The van der Waals surface area contributed by atoms with E-state index < -0.39 is 60.1 Å². The Bertz CT molecular complexity index is 1330. The minimum atomic E-state index is -4.87. The molecule has 5 rings (SSSR count). The summed E-state index contributed by atoms with van der Waals surface area (Å²) in [6, 6.07) is 3.24. The lowest BCUT2D eigenvalue weighted by Crippen LogP contribution is -2.53. The molecule has 0 spiro atoms. The van der Waals surface area contributed by atoms with E-state index in [1.165, 1.54) is 12.1 Å². The Hall–Kier alpha value is -3.06. The Labute approximate surface area is 220 Å². The first-order valence-electron chi connectivity index (χ1n) is 12.5. The Morgan fingerprint density at radius 1 is 1.21 bits per heavy atom. The second-order valence-electron chi connectivity index (χ2n) is 10.7. The highest BCUT2D eigenvalue weighted by atomic mass is 19.4. The predicted molar refractivity (Wildman–Crippen MR) is 129 cm³/mol. The lowest BCUT2D eigenvalue weighted by Gasteiger charge is -2.37. The van der Waals surface area contributed by atoms with E-state index in [0.29, 0.717) is 17.7 Å². The van der Waals surface area contributed by atoms with Gasteiger partial charge in [-0.2, -0.15) is 13.2 Å². The number of nitrogens with zero attached hydrogens (tertiary/aromatic N) is 3. The van der Waals surface area contributed by atoms with Crippen LogP contribution in [0.25, 0.3) is 0 Å². The number of aromatic nitrogens is 1. The summed E-state index contributed by atoms with van der Waals surface area (Å²) < 4.78 is 90.4. The lowest BCUT2D eigenvalue weighted by molar-refractivity contribution is -0.214. The monoisotopic (exact) mass is 558 g/mol. The molecule has 2 saturated heterocycles. The first-order chi connectivity index (χ1) is 18.3. The third-order valence-corrected chi connectivity index (χ3v) is 8.38. The number of piperidine rings is 1. The molecule has 2 N–H and O–H groups in total. The van der Waals surface area contributed by atoms with E-state index in [2.05, 4.69) is 4.90 Å². The number of carbonyl (C=O) groups excluding carboxylic acids is 1. The van der Waals surface area contributed by atoms with E-state index in [0.717, 1.165) is 18.3 Å². The molecule has 1 amide bonds. The number of hydrogen-bond acceptors (Lipinski definition) is 5. The second kappa shape index (κ2) is 9.54. The third kappa shape index (κ3) is 4.39. The molecule has 1 saturated carbocycles. The standard InChI is InChI=1S/C26H28F6N4O3/c1-13(14-4-3-5-15(21(14)27)23(28)29)36(22-16-9-34(2)10-17(16)22)19-8-20(37)35(11-18(19)24(33)38)25(26(30,31)32)6-7-39-12-25/h3-5,8,11,13,16-17,22-23H,6-7,9-10,12H2,1-2H3,(H2,33,38)/t13-,16?,17?,22?,25+/m1/s1. The van der Waals surface area contributed by atoms with E-state index >= 15 is 4.39 Å². The van der Waals surface area contributed by atoms with E-state index in [1.54, 1.807) is 11.8 Å². The molecule has 3 heterocycles. The van der Waals surface area contributed by atoms with E-state index in [4.69, 9.17) is 10.5 Å². The van der Waals surface area contributed by atoms with Crippen molar-refractivity contribution in [2.24, 2.45) is 17.6 Å². The lowest BCUT2D eigenvalue weighted by atomic mass is 9.96. The van der Waals surface area contributed by atoms with Gasteiger partial charge in [-0.3, -0.25) is 14.2 Å². The van der Waals surface area contributed by atoms with Crippen LogP contribution in [0.15, 0.2) is 35.3 Å².